The second-order valence-corrected chi connectivity index (χ2v) is 6.64. The zero-order chi connectivity index (χ0) is 18.0. The Morgan fingerprint density at radius 3 is 2.80 bits per heavy atom. The number of hydrogen-bond donors (Lipinski definition) is 2. The molecule has 6 nitrogen and oxygen atoms in total. The van der Waals surface area contributed by atoms with Gasteiger partial charge in [0.05, 0.1) is 11.9 Å². The van der Waals surface area contributed by atoms with Crippen LogP contribution in [0.25, 0.3) is 0 Å². The Bertz CT molecular complexity index is 881. The summed E-state index contributed by atoms with van der Waals surface area (Å²) in [4.78, 5) is 24.7. The van der Waals surface area contributed by atoms with Crippen LogP contribution < -0.4 is 11.1 Å². The van der Waals surface area contributed by atoms with E-state index in [0.29, 0.717) is 22.1 Å². The van der Waals surface area contributed by atoms with Crippen LogP contribution in [-0.4, -0.2) is 21.0 Å². The van der Waals surface area contributed by atoms with E-state index < -0.39 is 17.3 Å². The van der Waals surface area contributed by atoms with Crippen LogP contribution in [0.1, 0.15) is 28.7 Å². The van der Waals surface area contributed by atoms with Crippen molar-refractivity contribution in [2.75, 3.05) is 5.32 Å². The topological polar surface area (TPSA) is 93.3 Å². The molecule has 3 N–H and O–H groups in total. The molecule has 0 spiro atoms. The molecule has 0 unspecified atom stereocenters. The lowest BCUT2D eigenvalue weighted by Gasteiger charge is -2.26. The normalized spacial score (nSPS) is 19.4. The molecule has 0 aliphatic carbocycles. The number of nitrogens with zero attached hydrogens (tertiary/aromatic N) is 3. The molecule has 25 heavy (non-hydrogen) atoms. The van der Waals surface area contributed by atoms with Crippen molar-refractivity contribution in [1.29, 1.82) is 0 Å². The fourth-order valence-electron chi connectivity index (χ4n) is 2.37. The molecule has 128 valence electrons. The first-order valence-corrected chi connectivity index (χ1v) is 8.35. The average molecular weight is 357 g/mol. The number of rotatable bonds is 3. The van der Waals surface area contributed by atoms with Crippen molar-refractivity contribution in [3.8, 4) is 0 Å². The average Bonchev–Trinajstić information content (AvgIpc) is 2.57. The number of aliphatic imine (C=N–C) groups is 1. The summed E-state index contributed by atoms with van der Waals surface area (Å²) < 4.78 is 14.3. The van der Waals surface area contributed by atoms with Crippen molar-refractivity contribution >= 4 is 28.5 Å². The fourth-order valence-corrected chi connectivity index (χ4v) is 3.09. The maximum Gasteiger partial charge on any atom is 0.275 e. The van der Waals surface area contributed by atoms with Gasteiger partial charge in [-0.05, 0) is 43.5 Å². The third-order valence-electron chi connectivity index (χ3n) is 3.71. The molecule has 2 heterocycles. The summed E-state index contributed by atoms with van der Waals surface area (Å²) in [6.45, 7) is 3.54. The molecule has 8 heteroatoms. The van der Waals surface area contributed by atoms with Crippen LogP contribution in [0, 0.1) is 12.7 Å². The SMILES string of the molecule is Cc1cnc(C(=O)Nc2ccc(F)c([C@]3(C)C=CSC(N)=N3)c2)cn1. The van der Waals surface area contributed by atoms with Crippen LogP contribution in [0.5, 0.6) is 0 Å². The highest BCUT2D eigenvalue weighted by Gasteiger charge is 2.29. The Morgan fingerprint density at radius 1 is 1.32 bits per heavy atom. The summed E-state index contributed by atoms with van der Waals surface area (Å²) >= 11 is 1.27. The number of halogens is 1. The van der Waals surface area contributed by atoms with E-state index in [0.717, 1.165) is 0 Å². The molecule has 1 aromatic heterocycles. The quantitative estimate of drug-likeness (QED) is 0.881. The van der Waals surface area contributed by atoms with E-state index in [9.17, 15) is 9.18 Å². The minimum atomic E-state index is -0.927. The number of thioether (sulfide) groups is 1. The summed E-state index contributed by atoms with van der Waals surface area (Å²) in [5.41, 5.74) is 6.48. The van der Waals surface area contributed by atoms with Gasteiger partial charge in [0.15, 0.2) is 5.17 Å². The van der Waals surface area contributed by atoms with Crippen molar-refractivity contribution in [3.05, 3.63) is 64.8 Å². The second kappa shape index (κ2) is 6.64. The van der Waals surface area contributed by atoms with Gasteiger partial charge >= 0.3 is 0 Å². The van der Waals surface area contributed by atoms with Crippen LogP contribution in [-0.2, 0) is 5.54 Å². The zero-order valence-corrected chi connectivity index (χ0v) is 14.5. The number of anilines is 1. The molecule has 1 amide bonds. The predicted octanol–water partition coefficient (Wildman–Crippen LogP) is 2.97. The van der Waals surface area contributed by atoms with Crippen LogP contribution in [0.4, 0.5) is 10.1 Å². The van der Waals surface area contributed by atoms with Crippen LogP contribution in [0.15, 0.2) is 47.1 Å². The zero-order valence-electron chi connectivity index (χ0n) is 13.7. The number of amides is 1. The van der Waals surface area contributed by atoms with Crippen molar-refractivity contribution in [3.63, 3.8) is 0 Å². The fraction of sp³-hybridized carbons (Fsp3) is 0.176. The van der Waals surface area contributed by atoms with E-state index in [1.165, 1.54) is 36.3 Å². The number of aryl methyl sites for hydroxylation is 1. The molecule has 1 aliphatic rings. The molecule has 0 radical (unpaired) electrons. The van der Waals surface area contributed by atoms with Gasteiger partial charge in [-0.2, -0.15) is 0 Å². The van der Waals surface area contributed by atoms with Gasteiger partial charge in [0.2, 0.25) is 0 Å². The number of nitrogens with two attached hydrogens (primary N) is 1. The van der Waals surface area contributed by atoms with Gasteiger partial charge in [-0.3, -0.25) is 9.78 Å². The summed E-state index contributed by atoms with van der Waals surface area (Å²) in [5, 5.41) is 4.82. The van der Waals surface area contributed by atoms with Gasteiger partial charge in [0, 0.05) is 17.4 Å². The number of amidine groups is 1. The molecule has 0 fully saturated rings. The van der Waals surface area contributed by atoms with E-state index in [1.54, 1.807) is 31.4 Å². The van der Waals surface area contributed by atoms with Gasteiger partial charge in [-0.25, -0.2) is 14.4 Å². The minimum absolute atomic E-state index is 0.180. The lowest BCUT2D eigenvalue weighted by Crippen LogP contribution is -2.25. The summed E-state index contributed by atoms with van der Waals surface area (Å²) in [5.74, 6) is -0.850. The second-order valence-electron chi connectivity index (χ2n) is 5.71. The molecule has 1 aliphatic heterocycles. The van der Waals surface area contributed by atoms with Crippen LogP contribution >= 0.6 is 11.8 Å². The third kappa shape index (κ3) is 3.69. The lowest BCUT2D eigenvalue weighted by atomic mass is 9.92. The molecule has 0 saturated heterocycles. The Balaban J connectivity index is 1.89. The molecular weight excluding hydrogens is 341 g/mol. The first-order valence-electron chi connectivity index (χ1n) is 7.47. The number of hydrogen-bond acceptors (Lipinski definition) is 6. The number of nitrogens with one attached hydrogen (secondary N) is 1. The summed E-state index contributed by atoms with van der Waals surface area (Å²) in [6.07, 6.45) is 4.67. The maximum atomic E-state index is 14.3. The van der Waals surface area contributed by atoms with E-state index >= 15 is 0 Å². The lowest BCUT2D eigenvalue weighted by molar-refractivity contribution is 0.102. The van der Waals surface area contributed by atoms with Crippen molar-refractivity contribution in [2.45, 2.75) is 19.4 Å². The molecular formula is C17H16FN5OS. The number of carbonyl (C=O) groups is 1. The number of aromatic nitrogens is 2. The minimum Gasteiger partial charge on any atom is -0.378 e. The molecule has 3 rings (SSSR count). The summed E-state index contributed by atoms with van der Waals surface area (Å²) in [6, 6.07) is 4.32. The molecule has 1 aromatic carbocycles. The van der Waals surface area contributed by atoms with Gasteiger partial charge in [-0.1, -0.05) is 11.8 Å². The monoisotopic (exact) mass is 357 g/mol. The molecule has 0 saturated carbocycles. The van der Waals surface area contributed by atoms with E-state index in [-0.39, 0.29) is 5.69 Å². The van der Waals surface area contributed by atoms with E-state index in [1.807, 2.05) is 0 Å². The Labute approximate surface area is 148 Å². The molecule has 0 bridgehead atoms. The highest BCUT2D eigenvalue weighted by atomic mass is 32.2. The Hall–Kier alpha value is -2.74. The largest absolute Gasteiger partial charge is 0.378 e. The molecule has 2 aromatic rings. The van der Waals surface area contributed by atoms with Crippen LogP contribution in [0.3, 0.4) is 0 Å². The first-order chi connectivity index (χ1) is 11.9. The van der Waals surface area contributed by atoms with Crippen molar-refractivity contribution < 1.29 is 9.18 Å². The molecule has 1 atom stereocenters. The van der Waals surface area contributed by atoms with Crippen molar-refractivity contribution in [1.82, 2.24) is 9.97 Å². The summed E-state index contributed by atoms with van der Waals surface area (Å²) in [7, 11) is 0. The third-order valence-corrected chi connectivity index (χ3v) is 4.31. The maximum absolute atomic E-state index is 14.3. The van der Waals surface area contributed by atoms with Crippen LogP contribution in [0.2, 0.25) is 0 Å². The van der Waals surface area contributed by atoms with Gasteiger partial charge in [0.1, 0.15) is 17.1 Å². The van der Waals surface area contributed by atoms with Gasteiger partial charge in [-0.15, -0.1) is 0 Å². The van der Waals surface area contributed by atoms with Crippen molar-refractivity contribution in [2.24, 2.45) is 10.7 Å². The number of benzene rings is 1. The van der Waals surface area contributed by atoms with Gasteiger partial charge in [0.25, 0.3) is 5.91 Å². The van der Waals surface area contributed by atoms with E-state index in [4.69, 9.17) is 5.73 Å². The Morgan fingerprint density at radius 2 is 2.12 bits per heavy atom. The Kier molecular flexibility index (Phi) is 4.54. The highest BCUT2D eigenvalue weighted by Crippen LogP contribution is 2.35. The highest BCUT2D eigenvalue weighted by molar-refractivity contribution is 8.16. The standard InChI is InChI=1S/C17H16FN5OS/c1-10-8-21-14(9-20-10)15(24)22-11-3-4-13(18)12(7-11)17(2)5-6-25-16(19)23-17/h3-9H,1-2H3,(H2,19,23)(H,22,24)/t17-/m0/s1. The first kappa shape index (κ1) is 17.1. The van der Waals surface area contributed by atoms with E-state index in [2.05, 4.69) is 20.3 Å². The van der Waals surface area contributed by atoms with Gasteiger partial charge < -0.3 is 11.1 Å². The smallest absolute Gasteiger partial charge is 0.275 e. The number of carbonyl (C=O) groups excluding carboxylic acids is 1. The predicted molar refractivity (Wildman–Crippen MR) is 96.8 cm³/mol.